The van der Waals surface area contributed by atoms with Crippen molar-refractivity contribution in [3.63, 3.8) is 0 Å². The number of hydrogen-bond acceptors (Lipinski definition) is 6. The highest BCUT2D eigenvalue weighted by Gasteiger charge is 2.36. The first kappa shape index (κ1) is 14.7. The minimum Gasteiger partial charge on any atom is -0.462 e. The summed E-state index contributed by atoms with van der Waals surface area (Å²) >= 11 is 1.51. The van der Waals surface area contributed by atoms with E-state index in [-0.39, 0.29) is 5.97 Å². The fourth-order valence-electron chi connectivity index (χ4n) is 2.52. The lowest BCUT2D eigenvalue weighted by molar-refractivity contribution is 0.0525. The molecule has 2 aromatic heterocycles. The normalized spacial score (nSPS) is 17.3. The van der Waals surface area contributed by atoms with Gasteiger partial charge in [-0.05, 0) is 56.5 Å². The molecule has 2 aliphatic rings. The van der Waals surface area contributed by atoms with Gasteiger partial charge in [-0.15, -0.1) is 10.2 Å². The Labute approximate surface area is 138 Å². The first-order valence-corrected chi connectivity index (χ1v) is 8.83. The van der Waals surface area contributed by atoms with Crippen LogP contribution in [-0.2, 0) is 4.74 Å². The Hall–Kier alpha value is -1.89. The highest BCUT2D eigenvalue weighted by molar-refractivity contribution is 7.99. The van der Waals surface area contributed by atoms with E-state index in [0.717, 1.165) is 16.0 Å². The monoisotopic (exact) mass is 330 g/mol. The second-order valence-electron chi connectivity index (χ2n) is 5.92. The van der Waals surface area contributed by atoms with Crippen molar-refractivity contribution in [1.82, 2.24) is 19.7 Å². The second kappa shape index (κ2) is 5.96. The van der Waals surface area contributed by atoms with E-state index in [9.17, 15) is 4.79 Å². The summed E-state index contributed by atoms with van der Waals surface area (Å²) in [6.07, 6.45) is 6.42. The van der Waals surface area contributed by atoms with Gasteiger partial charge >= 0.3 is 5.97 Å². The number of hydrogen-bond donors (Lipinski definition) is 0. The van der Waals surface area contributed by atoms with Crippen LogP contribution in [0.3, 0.4) is 0 Å². The van der Waals surface area contributed by atoms with E-state index in [2.05, 4.69) is 19.7 Å². The standard InChI is InChI=1S/C16H18N4O2S/c1-2-22-15(21)11-5-8-13(17-9-11)23-16-19-18-14(10-3-4-10)20(16)12-6-7-12/h5,8-10,12H,2-4,6-7H2,1H3. The number of carbonyl (C=O) groups is 1. The molecule has 2 saturated carbocycles. The molecule has 0 amide bonds. The number of esters is 1. The molecule has 0 N–H and O–H groups in total. The molecule has 4 rings (SSSR count). The zero-order chi connectivity index (χ0) is 15.8. The minimum absolute atomic E-state index is 0.339. The first-order valence-electron chi connectivity index (χ1n) is 8.02. The fourth-order valence-corrected chi connectivity index (χ4v) is 3.37. The molecule has 23 heavy (non-hydrogen) atoms. The van der Waals surface area contributed by atoms with Crippen molar-refractivity contribution in [2.45, 2.75) is 54.7 Å². The minimum atomic E-state index is -0.339. The van der Waals surface area contributed by atoms with Gasteiger partial charge in [-0.3, -0.25) is 0 Å². The molecule has 2 aromatic rings. The Kier molecular flexibility index (Phi) is 3.80. The summed E-state index contributed by atoms with van der Waals surface area (Å²) in [6.45, 7) is 2.15. The molecule has 0 spiro atoms. The third-order valence-corrected chi connectivity index (χ3v) is 4.90. The summed E-state index contributed by atoms with van der Waals surface area (Å²) < 4.78 is 7.26. The van der Waals surface area contributed by atoms with Crippen molar-refractivity contribution < 1.29 is 9.53 Å². The van der Waals surface area contributed by atoms with E-state index in [1.807, 2.05) is 6.07 Å². The molecule has 0 aromatic carbocycles. The van der Waals surface area contributed by atoms with Crippen LogP contribution in [0.5, 0.6) is 0 Å². The van der Waals surface area contributed by atoms with Gasteiger partial charge in [0.1, 0.15) is 10.9 Å². The predicted molar refractivity (Wildman–Crippen MR) is 84.6 cm³/mol. The summed E-state index contributed by atoms with van der Waals surface area (Å²) in [5.74, 6) is 1.39. The van der Waals surface area contributed by atoms with Gasteiger partial charge in [0.25, 0.3) is 0 Å². The van der Waals surface area contributed by atoms with Crippen LogP contribution < -0.4 is 0 Å². The SMILES string of the molecule is CCOC(=O)c1ccc(Sc2nnc(C3CC3)n2C2CC2)nc1. The molecule has 0 unspecified atom stereocenters. The number of carbonyl (C=O) groups excluding carboxylic acids is 1. The lowest BCUT2D eigenvalue weighted by Crippen LogP contribution is -2.05. The Balaban J connectivity index is 1.53. The summed E-state index contributed by atoms with van der Waals surface area (Å²) in [4.78, 5) is 16.0. The van der Waals surface area contributed by atoms with Crippen LogP contribution in [0.25, 0.3) is 0 Å². The van der Waals surface area contributed by atoms with Crippen molar-refractivity contribution in [2.24, 2.45) is 0 Å². The van der Waals surface area contributed by atoms with Crippen molar-refractivity contribution >= 4 is 17.7 Å². The molecular formula is C16H18N4O2S. The first-order chi connectivity index (χ1) is 11.3. The Morgan fingerprint density at radius 2 is 2.13 bits per heavy atom. The molecule has 2 fully saturated rings. The molecule has 2 aliphatic carbocycles. The number of rotatable bonds is 6. The number of aromatic nitrogens is 4. The molecule has 0 radical (unpaired) electrons. The van der Waals surface area contributed by atoms with Gasteiger partial charge in [0.2, 0.25) is 0 Å². The fraction of sp³-hybridized carbons (Fsp3) is 0.500. The van der Waals surface area contributed by atoms with Crippen LogP contribution in [0.4, 0.5) is 0 Å². The molecule has 120 valence electrons. The van der Waals surface area contributed by atoms with E-state index in [4.69, 9.17) is 4.74 Å². The van der Waals surface area contributed by atoms with E-state index in [1.54, 1.807) is 19.2 Å². The van der Waals surface area contributed by atoms with Gasteiger partial charge in [0.05, 0.1) is 12.2 Å². The van der Waals surface area contributed by atoms with E-state index >= 15 is 0 Å². The topological polar surface area (TPSA) is 69.9 Å². The quantitative estimate of drug-likeness (QED) is 0.758. The van der Waals surface area contributed by atoms with Crippen molar-refractivity contribution in [1.29, 1.82) is 0 Å². The molecular weight excluding hydrogens is 312 g/mol. The van der Waals surface area contributed by atoms with Gasteiger partial charge in [0, 0.05) is 18.2 Å². The smallest absolute Gasteiger partial charge is 0.339 e. The summed E-state index contributed by atoms with van der Waals surface area (Å²) in [5.41, 5.74) is 0.471. The van der Waals surface area contributed by atoms with Crippen molar-refractivity contribution in [3.05, 3.63) is 29.7 Å². The zero-order valence-electron chi connectivity index (χ0n) is 12.9. The van der Waals surface area contributed by atoms with Crippen LogP contribution in [-0.4, -0.2) is 32.3 Å². The average molecular weight is 330 g/mol. The zero-order valence-corrected chi connectivity index (χ0v) is 13.8. The highest BCUT2D eigenvalue weighted by Crippen LogP contribution is 2.46. The molecule has 6 nitrogen and oxygen atoms in total. The van der Waals surface area contributed by atoms with Crippen molar-refractivity contribution in [3.8, 4) is 0 Å². The van der Waals surface area contributed by atoms with Gasteiger partial charge < -0.3 is 9.30 Å². The second-order valence-corrected chi connectivity index (χ2v) is 6.91. The molecule has 0 saturated heterocycles. The molecule has 7 heteroatoms. The predicted octanol–water partition coefficient (Wildman–Crippen LogP) is 3.21. The van der Waals surface area contributed by atoms with Gasteiger partial charge in [-0.25, -0.2) is 9.78 Å². The molecule has 0 aliphatic heterocycles. The Morgan fingerprint density at radius 1 is 1.30 bits per heavy atom. The Morgan fingerprint density at radius 3 is 2.74 bits per heavy atom. The van der Waals surface area contributed by atoms with Crippen LogP contribution in [0.1, 0.15) is 60.7 Å². The van der Waals surface area contributed by atoms with E-state index in [1.165, 1.54) is 37.4 Å². The molecule has 2 heterocycles. The Bertz CT molecular complexity index is 720. The molecule has 0 atom stereocenters. The van der Waals surface area contributed by atoms with Gasteiger partial charge in [-0.1, -0.05) is 0 Å². The number of pyridine rings is 1. The number of ether oxygens (including phenoxy) is 1. The summed E-state index contributed by atoms with van der Waals surface area (Å²) in [5, 5.41) is 10.5. The largest absolute Gasteiger partial charge is 0.462 e. The maximum atomic E-state index is 11.7. The lowest BCUT2D eigenvalue weighted by Gasteiger charge is -2.07. The van der Waals surface area contributed by atoms with E-state index in [0.29, 0.717) is 24.1 Å². The van der Waals surface area contributed by atoms with Gasteiger partial charge in [-0.2, -0.15) is 0 Å². The third kappa shape index (κ3) is 3.10. The number of nitrogens with zero attached hydrogens (tertiary/aromatic N) is 4. The lowest BCUT2D eigenvalue weighted by atomic mass is 10.3. The third-order valence-electron chi connectivity index (χ3n) is 3.99. The van der Waals surface area contributed by atoms with Crippen LogP contribution >= 0.6 is 11.8 Å². The average Bonchev–Trinajstić information content (AvgIpc) is 3.48. The summed E-state index contributed by atoms with van der Waals surface area (Å²) in [7, 11) is 0. The maximum absolute atomic E-state index is 11.7. The van der Waals surface area contributed by atoms with Gasteiger partial charge in [0.15, 0.2) is 5.16 Å². The van der Waals surface area contributed by atoms with Crippen molar-refractivity contribution in [2.75, 3.05) is 6.61 Å². The van der Waals surface area contributed by atoms with E-state index < -0.39 is 0 Å². The highest BCUT2D eigenvalue weighted by atomic mass is 32.2. The van der Waals surface area contributed by atoms with Crippen LogP contribution in [0, 0.1) is 0 Å². The molecule has 0 bridgehead atoms. The van der Waals surface area contributed by atoms with Crippen LogP contribution in [0.15, 0.2) is 28.5 Å². The maximum Gasteiger partial charge on any atom is 0.339 e. The summed E-state index contributed by atoms with van der Waals surface area (Å²) in [6, 6.07) is 4.13. The van der Waals surface area contributed by atoms with Crippen LogP contribution in [0.2, 0.25) is 0 Å².